The minimum atomic E-state index is 0.351. The van der Waals surface area contributed by atoms with Crippen molar-refractivity contribution in [1.82, 2.24) is 4.90 Å². The van der Waals surface area contributed by atoms with E-state index in [-0.39, 0.29) is 0 Å². The van der Waals surface area contributed by atoms with E-state index >= 15 is 0 Å². The number of hydrogen-bond acceptors (Lipinski definition) is 2. The Bertz CT molecular complexity index is 343. The van der Waals surface area contributed by atoms with E-state index in [2.05, 4.69) is 43.9 Å². The van der Waals surface area contributed by atoms with Gasteiger partial charge in [-0.2, -0.15) is 0 Å². The summed E-state index contributed by atoms with van der Waals surface area (Å²) in [5.74, 6) is 0.629. The quantitative estimate of drug-likeness (QED) is 0.823. The summed E-state index contributed by atoms with van der Waals surface area (Å²) in [6, 6.07) is 6.88. The molecule has 0 saturated carbocycles. The second-order valence-corrected chi connectivity index (χ2v) is 5.21. The first-order valence-electron chi connectivity index (χ1n) is 6.11. The number of likely N-dealkylation sites (tertiary alicyclic amines) is 1. The summed E-state index contributed by atoms with van der Waals surface area (Å²) >= 11 is 0. The number of nitrogens with zero attached hydrogens (tertiary/aromatic N) is 1. The molecule has 1 aromatic rings. The van der Waals surface area contributed by atoms with Crippen LogP contribution in [0, 0.1) is 19.8 Å². The molecule has 2 unspecified atom stereocenters. The Hall–Kier alpha value is -0.860. The lowest BCUT2D eigenvalue weighted by atomic mass is 10.0. The molecule has 1 saturated heterocycles. The largest absolute Gasteiger partial charge is 0.326 e. The molecule has 0 aromatic heterocycles. The van der Waals surface area contributed by atoms with Crippen molar-refractivity contribution >= 4 is 0 Å². The van der Waals surface area contributed by atoms with Gasteiger partial charge in [0.15, 0.2) is 0 Å². The van der Waals surface area contributed by atoms with Crippen molar-refractivity contribution in [3.05, 3.63) is 34.9 Å². The molecule has 1 fully saturated rings. The van der Waals surface area contributed by atoms with E-state index in [1.165, 1.54) is 16.7 Å². The van der Waals surface area contributed by atoms with Gasteiger partial charge < -0.3 is 5.73 Å². The number of nitrogens with two attached hydrogens (primary N) is 1. The van der Waals surface area contributed by atoms with E-state index < -0.39 is 0 Å². The summed E-state index contributed by atoms with van der Waals surface area (Å²) in [7, 11) is 0. The Labute approximate surface area is 98.4 Å². The van der Waals surface area contributed by atoms with Gasteiger partial charge in [0.05, 0.1) is 0 Å². The first-order chi connectivity index (χ1) is 7.58. The molecule has 0 spiro atoms. The molecule has 0 amide bonds. The van der Waals surface area contributed by atoms with Crippen molar-refractivity contribution in [2.24, 2.45) is 11.7 Å². The van der Waals surface area contributed by atoms with Crippen LogP contribution < -0.4 is 5.73 Å². The van der Waals surface area contributed by atoms with Gasteiger partial charge in [-0.05, 0) is 36.5 Å². The highest BCUT2D eigenvalue weighted by Crippen LogP contribution is 2.21. The molecular formula is C14H22N2. The predicted octanol–water partition coefficient (Wildman–Crippen LogP) is 2.08. The molecule has 2 nitrogen and oxygen atoms in total. The molecule has 1 aliphatic rings. The maximum absolute atomic E-state index is 6.06. The summed E-state index contributed by atoms with van der Waals surface area (Å²) in [6.07, 6.45) is 0. The van der Waals surface area contributed by atoms with Gasteiger partial charge in [-0.15, -0.1) is 0 Å². The molecule has 1 aliphatic heterocycles. The van der Waals surface area contributed by atoms with Crippen LogP contribution in [0.4, 0.5) is 0 Å². The fraction of sp³-hybridized carbons (Fsp3) is 0.571. The van der Waals surface area contributed by atoms with Crippen molar-refractivity contribution in [2.45, 2.75) is 33.4 Å². The topological polar surface area (TPSA) is 29.3 Å². The number of aryl methyl sites for hydroxylation is 2. The van der Waals surface area contributed by atoms with Crippen LogP contribution in [0.3, 0.4) is 0 Å². The summed E-state index contributed by atoms with van der Waals surface area (Å²) < 4.78 is 0. The Morgan fingerprint density at radius 3 is 2.38 bits per heavy atom. The fourth-order valence-corrected chi connectivity index (χ4v) is 2.55. The van der Waals surface area contributed by atoms with Crippen LogP contribution in [0.25, 0.3) is 0 Å². The van der Waals surface area contributed by atoms with E-state index in [0.29, 0.717) is 12.0 Å². The van der Waals surface area contributed by atoms with E-state index in [4.69, 9.17) is 5.73 Å². The minimum Gasteiger partial charge on any atom is -0.326 e. The molecule has 1 aromatic carbocycles. The minimum absolute atomic E-state index is 0.351. The standard InChI is InChI=1S/C14H22N2/c1-10-5-4-6-11(2)13(10)8-16-7-12(3)14(15)9-16/h4-6,12,14H,7-9,15H2,1-3H3. The molecule has 0 radical (unpaired) electrons. The normalized spacial score (nSPS) is 26.2. The van der Waals surface area contributed by atoms with Crippen molar-refractivity contribution in [1.29, 1.82) is 0 Å². The lowest BCUT2D eigenvalue weighted by Crippen LogP contribution is -2.28. The average Bonchev–Trinajstić information content (AvgIpc) is 2.53. The highest BCUT2D eigenvalue weighted by molar-refractivity contribution is 5.33. The van der Waals surface area contributed by atoms with E-state index in [1.54, 1.807) is 0 Å². The highest BCUT2D eigenvalue weighted by atomic mass is 15.2. The van der Waals surface area contributed by atoms with Gasteiger partial charge in [-0.3, -0.25) is 4.90 Å². The molecule has 2 atom stereocenters. The van der Waals surface area contributed by atoms with E-state index in [0.717, 1.165) is 19.6 Å². The third-order valence-electron chi connectivity index (χ3n) is 3.77. The van der Waals surface area contributed by atoms with Crippen molar-refractivity contribution in [2.75, 3.05) is 13.1 Å². The van der Waals surface area contributed by atoms with Crippen LogP contribution in [0.2, 0.25) is 0 Å². The monoisotopic (exact) mass is 218 g/mol. The van der Waals surface area contributed by atoms with Crippen LogP contribution in [0.5, 0.6) is 0 Å². The third kappa shape index (κ3) is 2.28. The van der Waals surface area contributed by atoms with E-state index in [9.17, 15) is 0 Å². The van der Waals surface area contributed by atoms with Gasteiger partial charge in [-0.1, -0.05) is 25.1 Å². The van der Waals surface area contributed by atoms with Crippen LogP contribution in [-0.2, 0) is 6.54 Å². The maximum atomic E-state index is 6.06. The van der Waals surface area contributed by atoms with Crippen molar-refractivity contribution in [3.8, 4) is 0 Å². The average molecular weight is 218 g/mol. The second-order valence-electron chi connectivity index (χ2n) is 5.21. The van der Waals surface area contributed by atoms with Gasteiger partial charge in [-0.25, -0.2) is 0 Å². The molecule has 0 bridgehead atoms. The summed E-state index contributed by atoms with van der Waals surface area (Å²) in [4.78, 5) is 2.48. The molecule has 88 valence electrons. The summed E-state index contributed by atoms with van der Waals surface area (Å²) in [6.45, 7) is 9.86. The van der Waals surface area contributed by atoms with Gasteiger partial charge in [0, 0.05) is 25.7 Å². The Kier molecular flexibility index (Phi) is 3.31. The van der Waals surface area contributed by atoms with Crippen molar-refractivity contribution in [3.63, 3.8) is 0 Å². The third-order valence-corrected chi connectivity index (χ3v) is 3.77. The molecule has 2 rings (SSSR count). The summed E-state index contributed by atoms with van der Waals surface area (Å²) in [5, 5.41) is 0. The van der Waals surface area contributed by atoms with Gasteiger partial charge >= 0.3 is 0 Å². The Morgan fingerprint density at radius 1 is 1.25 bits per heavy atom. The number of benzene rings is 1. The fourth-order valence-electron chi connectivity index (χ4n) is 2.55. The zero-order valence-corrected chi connectivity index (χ0v) is 10.5. The van der Waals surface area contributed by atoms with Crippen LogP contribution in [0.1, 0.15) is 23.6 Å². The number of hydrogen-bond donors (Lipinski definition) is 1. The van der Waals surface area contributed by atoms with Crippen LogP contribution in [-0.4, -0.2) is 24.0 Å². The molecule has 2 N–H and O–H groups in total. The lowest BCUT2D eigenvalue weighted by molar-refractivity contribution is 0.317. The highest BCUT2D eigenvalue weighted by Gasteiger charge is 2.26. The lowest BCUT2D eigenvalue weighted by Gasteiger charge is -2.18. The maximum Gasteiger partial charge on any atom is 0.0239 e. The van der Waals surface area contributed by atoms with Crippen molar-refractivity contribution < 1.29 is 0 Å². The van der Waals surface area contributed by atoms with Gasteiger partial charge in [0.2, 0.25) is 0 Å². The number of rotatable bonds is 2. The second kappa shape index (κ2) is 4.56. The van der Waals surface area contributed by atoms with Crippen LogP contribution >= 0.6 is 0 Å². The predicted molar refractivity (Wildman–Crippen MR) is 68.3 cm³/mol. The summed E-state index contributed by atoms with van der Waals surface area (Å²) in [5.41, 5.74) is 10.3. The first kappa shape index (κ1) is 11.6. The van der Waals surface area contributed by atoms with Gasteiger partial charge in [0.25, 0.3) is 0 Å². The Balaban J connectivity index is 2.10. The molecular weight excluding hydrogens is 196 g/mol. The SMILES string of the molecule is Cc1cccc(C)c1CN1CC(C)C(N)C1. The Morgan fingerprint density at radius 2 is 1.88 bits per heavy atom. The molecule has 0 aliphatic carbocycles. The van der Waals surface area contributed by atoms with Crippen LogP contribution in [0.15, 0.2) is 18.2 Å². The molecule has 2 heteroatoms. The van der Waals surface area contributed by atoms with Gasteiger partial charge in [0.1, 0.15) is 0 Å². The first-order valence-corrected chi connectivity index (χ1v) is 6.11. The molecule has 16 heavy (non-hydrogen) atoms. The molecule has 1 heterocycles. The zero-order valence-electron chi connectivity index (χ0n) is 10.5. The zero-order chi connectivity index (χ0) is 11.7. The van der Waals surface area contributed by atoms with E-state index in [1.807, 2.05) is 0 Å². The smallest absolute Gasteiger partial charge is 0.0239 e.